The summed E-state index contributed by atoms with van der Waals surface area (Å²) in [5.74, 6) is 0.732. The Morgan fingerprint density at radius 3 is 2.96 bits per heavy atom. The molecule has 8 heteroatoms. The monoisotopic (exact) mass is 313 g/mol. The number of nitrogens with zero attached hydrogens (tertiary/aromatic N) is 6. The maximum absolute atomic E-state index is 5.36. The summed E-state index contributed by atoms with van der Waals surface area (Å²) in [5.41, 5.74) is 2.45. The van der Waals surface area contributed by atoms with Crippen molar-refractivity contribution in [2.24, 2.45) is 0 Å². The average molecular weight is 313 g/mol. The third-order valence-corrected chi connectivity index (χ3v) is 4.07. The van der Waals surface area contributed by atoms with Crippen LogP contribution in [0.4, 0.5) is 5.82 Å². The molecule has 8 nitrogen and oxygen atoms in total. The zero-order valence-corrected chi connectivity index (χ0v) is 12.9. The molecule has 0 unspecified atom stereocenters. The minimum atomic E-state index is 0.662. The molecule has 0 radical (unpaired) electrons. The molecule has 1 saturated heterocycles. The van der Waals surface area contributed by atoms with E-state index in [0.717, 1.165) is 62.7 Å². The molecule has 1 aliphatic rings. The van der Waals surface area contributed by atoms with Crippen LogP contribution >= 0.6 is 0 Å². The SMILES string of the molecule is c1ccc2c(c1)nc(NCCCN1CCOCC1)c1nnnn12. The predicted molar refractivity (Wildman–Crippen MR) is 86.4 cm³/mol. The number of hydrogen-bond donors (Lipinski definition) is 1. The van der Waals surface area contributed by atoms with Crippen molar-refractivity contribution in [1.82, 2.24) is 29.9 Å². The molecule has 0 spiro atoms. The molecule has 1 aliphatic heterocycles. The topological polar surface area (TPSA) is 80.5 Å². The quantitative estimate of drug-likeness (QED) is 0.698. The van der Waals surface area contributed by atoms with E-state index in [2.05, 4.69) is 30.7 Å². The van der Waals surface area contributed by atoms with Crippen LogP contribution in [0.2, 0.25) is 0 Å². The number of fused-ring (bicyclic) bond motifs is 3. The molecular weight excluding hydrogens is 294 g/mol. The van der Waals surface area contributed by atoms with Crippen LogP contribution in [0.1, 0.15) is 6.42 Å². The molecule has 1 fully saturated rings. The molecule has 0 atom stereocenters. The van der Waals surface area contributed by atoms with E-state index in [0.29, 0.717) is 5.65 Å². The van der Waals surface area contributed by atoms with Crippen molar-refractivity contribution >= 4 is 22.5 Å². The lowest BCUT2D eigenvalue weighted by molar-refractivity contribution is 0.0378. The van der Waals surface area contributed by atoms with Crippen molar-refractivity contribution in [3.8, 4) is 0 Å². The smallest absolute Gasteiger partial charge is 0.222 e. The van der Waals surface area contributed by atoms with Crippen molar-refractivity contribution in [3.05, 3.63) is 24.3 Å². The number of benzene rings is 1. The van der Waals surface area contributed by atoms with Crippen molar-refractivity contribution in [1.29, 1.82) is 0 Å². The molecule has 23 heavy (non-hydrogen) atoms. The van der Waals surface area contributed by atoms with Crippen molar-refractivity contribution in [3.63, 3.8) is 0 Å². The van der Waals surface area contributed by atoms with Crippen LogP contribution in [-0.4, -0.2) is 69.3 Å². The molecule has 0 saturated carbocycles. The molecule has 1 aromatic carbocycles. The number of tetrazole rings is 1. The van der Waals surface area contributed by atoms with Crippen molar-refractivity contribution in [2.75, 3.05) is 44.7 Å². The van der Waals surface area contributed by atoms with E-state index in [4.69, 9.17) is 4.74 Å². The van der Waals surface area contributed by atoms with E-state index in [-0.39, 0.29) is 0 Å². The number of anilines is 1. The van der Waals surface area contributed by atoms with E-state index < -0.39 is 0 Å². The second kappa shape index (κ2) is 6.43. The summed E-state index contributed by atoms with van der Waals surface area (Å²) in [5, 5.41) is 15.3. The summed E-state index contributed by atoms with van der Waals surface area (Å²) in [4.78, 5) is 7.08. The zero-order valence-electron chi connectivity index (χ0n) is 12.9. The van der Waals surface area contributed by atoms with Crippen molar-refractivity contribution < 1.29 is 4.74 Å². The highest BCUT2D eigenvalue weighted by molar-refractivity contribution is 5.81. The van der Waals surface area contributed by atoms with Gasteiger partial charge in [-0.25, -0.2) is 4.98 Å². The first-order valence-corrected chi connectivity index (χ1v) is 7.92. The van der Waals surface area contributed by atoms with Gasteiger partial charge in [0.2, 0.25) is 5.65 Å². The highest BCUT2D eigenvalue weighted by atomic mass is 16.5. The van der Waals surface area contributed by atoms with Gasteiger partial charge in [-0.3, -0.25) is 4.90 Å². The molecule has 3 aromatic rings. The third kappa shape index (κ3) is 2.95. The van der Waals surface area contributed by atoms with Crippen LogP contribution < -0.4 is 5.32 Å². The molecular formula is C15H19N7O. The molecule has 4 rings (SSSR count). The van der Waals surface area contributed by atoms with E-state index in [9.17, 15) is 0 Å². The van der Waals surface area contributed by atoms with E-state index in [1.165, 1.54) is 0 Å². The Morgan fingerprint density at radius 1 is 1.17 bits per heavy atom. The molecule has 3 heterocycles. The van der Waals surface area contributed by atoms with E-state index >= 15 is 0 Å². The first kappa shape index (κ1) is 14.3. The predicted octanol–water partition coefficient (Wildman–Crippen LogP) is 0.807. The Bertz CT molecular complexity index is 797. The lowest BCUT2D eigenvalue weighted by atomic mass is 10.3. The Hall–Kier alpha value is -2.32. The normalized spacial score (nSPS) is 16.2. The van der Waals surface area contributed by atoms with Gasteiger partial charge in [0.25, 0.3) is 0 Å². The molecule has 1 N–H and O–H groups in total. The van der Waals surface area contributed by atoms with Gasteiger partial charge in [0.1, 0.15) is 0 Å². The summed E-state index contributed by atoms with van der Waals surface area (Å²) >= 11 is 0. The van der Waals surface area contributed by atoms with Crippen LogP contribution in [0.25, 0.3) is 16.7 Å². The first-order valence-electron chi connectivity index (χ1n) is 7.92. The summed E-state index contributed by atoms with van der Waals surface area (Å²) in [6.45, 7) is 5.62. The molecule has 0 amide bonds. The van der Waals surface area contributed by atoms with Gasteiger partial charge in [-0.2, -0.15) is 4.52 Å². The van der Waals surface area contributed by atoms with E-state index in [1.54, 1.807) is 4.52 Å². The third-order valence-electron chi connectivity index (χ3n) is 4.07. The lowest BCUT2D eigenvalue weighted by Crippen LogP contribution is -2.37. The number of ether oxygens (including phenoxy) is 1. The minimum absolute atomic E-state index is 0.662. The number of para-hydroxylation sites is 2. The Kier molecular flexibility index (Phi) is 3.99. The molecule has 0 bridgehead atoms. The second-order valence-electron chi connectivity index (χ2n) is 5.60. The number of nitrogens with one attached hydrogen (secondary N) is 1. The summed E-state index contributed by atoms with van der Waals surface area (Å²) < 4.78 is 7.09. The average Bonchev–Trinajstić information content (AvgIpc) is 3.10. The maximum atomic E-state index is 5.36. The van der Waals surface area contributed by atoms with Gasteiger partial charge >= 0.3 is 0 Å². The number of hydrogen-bond acceptors (Lipinski definition) is 7. The van der Waals surface area contributed by atoms with Crippen LogP contribution in [-0.2, 0) is 4.74 Å². The van der Waals surface area contributed by atoms with Crippen LogP contribution in [0.15, 0.2) is 24.3 Å². The van der Waals surface area contributed by atoms with Crippen LogP contribution in [0, 0.1) is 0 Å². The Labute approximate surface area is 133 Å². The van der Waals surface area contributed by atoms with Gasteiger partial charge < -0.3 is 10.1 Å². The molecule has 120 valence electrons. The Balaban J connectivity index is 1.46. The Morgan fingerprint density at radius 2 is 2.04 bits per heavy atom. The fraction of sp³-hybridized carbons (Fsp3) is 0.467. The largest absolute Gasteiger partial charge is 0.379 e. The summed E-state index contributed by atoms with van der Waals surface area (Å²) in [7, 11) is 0. The van der Waals surface area contributed by atoms with Gasteiger partial charge in [0, 0.05) is 19.6 Å². The molecule has 2 aromatic heterocycles. The fourth-order valence-electron chi connectivity index (χ4n) is 2.86. The van der Waals surface area contributed by atoms with E-state index in [1.807, 2.05) is 24.3 Å². The van der Waals surface area contributed by atoms with Gasteiger partial charge in [-0.1, -0.05) is 12.1 Å². The maximum Gasteiger partial charge on any atom is 0.222 e. The first-order chi connectivity index (χ1) is 11.4. The fourth-order valence-corrected chi connectivity index (χ4v) is 2.86. The van der Waals surface area contributed by atoms with Crippen LogP contribution in [0.3, 0.4) is 0 Å². The van der Waals surface area contributed by atoms with Crippen molar-refractivity contribution in [2.45, 2.75) is 6.42 Å². The molecule has 0 aliphatic carbocycles. The van der Waals surface area contributed by atoms with Gasteiger partial charge in [0.15, 0.2) is 5.82 Å². The second-order valence-corrected chi connectivity index (χ2v) is 5.60. The summed E-state index contributed by atoms with van der Waals surface area (Å²) in [6.07, 6.45) is 1.04. The highest BCUT2D eigenvalue weighted by Crippen LogP contribution is 2.18. The number of rotatable bonds is 5. The minimum Gasteiger partial charge on any atom is -0.379 e. The van der Waals surface area contributed by atoms with Gasteiger partial charge in [0.05, 0.1) is 24.2 Å². The zero-order chi connectivity index (χ0) is 15.5. The summed E-state index contributed by atoms with van der Waals surface area (Å²) in [6, 6.07) is 7.86. The number of aromatic nitrogens is 5. The van der Waals surface area contributed by atoms with Gasteiger partial charge in [-0.15, -0.1) is 5.10 Å². The highest BCUT2D eigenvalue weighted by Gasteiger charge is 2.12. The van der Waals surface area contributed by atoms with Gasteiger partial charge in [-0.05, 0) is 35.5 Å². The lowest BCUT2D eigenvalue weighted by Gasteiger charge is -2.26. The standard InChI is InChI=1S/C15H19N7O/c1-2-5-13-12(4-1)17-14(15-18-19-20-22(13)15)16-6-3-7-21-8-10-23-11-9-21/h1-2,4-5H,3,6-11H2,(H,16,17). The number of morpholine rings is 1. The van der Waals surface area contributed by atoms with Crippen LogP contribution in [0.5, 0.6) is 0 Å².